The Morgan fingerprint density at radius 3 is 2.61 bits per heavy atom. The first kappa shape index (κ1) is 12.8. The summed E-state index contributed by atoms with van der Waals surface area (Å²) in [5.74, 6) is 0.675. The first-order valence-electron chi connectivity index (χ1n) is 6.07. The molecule has 2 aromatic rings. The van der Waals surface area contributed by atoms with Gasteiger partial charge in [0.15, 0.2) is 0 Å². The molecule has 3 nitrogen and oxygen atoms in total. The van der Waals surface area contributed by atoms with Gasteiger partial charge in [0.1, 0.15) is 0 Å². The van der Waals surface area contributed by atoms with Gasteiger partial charge >= 0.3 is 0 Å². The van der Waals surface area contributed by atoms with Crippen molar-refractivity contribution in [3.05, 3.63) is 52.8 Å². The third kappa shape index (κ3) is 3.70. The number of halogens is 1. The number of benzene rings is 1. The van der Waals surface area contributed by atoms with Crippen LogP contribution in [0, 0.1) is 0 Å². The minimum atomic E-state index is 0.675. The second kappa shape index (κ2) is 6.36. The molecule has 1 aromatic heterocycles. The summed E-state index contributed by atoms with van der Waals surface area (Å²) in [4.78, 5) is 8.50. The van der Waals surface area contributed by atoms with Gasteiger partial charge in [-0.25, -0.2) is 9.97 Å². The zero-order valence-corrected chi connectivity index (χ0v) is 11.1. The number of aromatic nitrogens is 2. The number of nitrogens with one attached hydrogen (secondary N) is 1. The van der Waals surface area contributed by atoms with Crippen LogP contribution in [-0.2, 0) is 12.8 Å². The largest absolute Gasteiger partial charge is 0.354 e. The molecule has 18 heavy (non-hydrogen) atoms. The van der Waals surface area contributed by atoms with Gasteiger partial charge in [-0.05, 0) is 36.1 Å². The topological polar surface area (TPSA) is 37.8 Å². The van der Waals surface area contributed by atoms with Crippen LogP contribution in [0.25, 0.3) is 0 Å². The Morgan fingerprint density at radius 1 is 1.17 bits per heavy atom. The number of nitrogens with zero attached hydrogens (tertiary/aromatic N) is 2. The summed E-state index contributed by atoms with van der Waals surface area (Å²) in [5.41, 5.74) is 2.36. The zero-order chi connectivity index (χ0) is 12.8. The van der Waals surface area contributed by atoms with Gasteiger partial charge in [-0.15, -0.1) is 0 Å². The predicted octanol–water partition coefficient (Wildman–Crippen LogP) is 3.35. The summed E-state index contributed by atoms with van der Waals surface area (Å²) in [6.45, 7) is 2.89. The van der Waals surface area contributed by atoms with Crippen LogP contribution in [0.1, 0.15) is 18.1 Å². The Labute approximate surface area is 112 Å². The highest BCUT2D eigenvalue weighted by Gasteiger charge is 1.97. The lowest BCUT2D eigenvalue weighted by Gasteiger charge is -2.05. The van der Waals surface area contributed by atoms with Crippen molar-refractivity contribution in [3.63, 3.8) is 0 Å². The lowest BCUT2D eigenvalue weighted by molar-refractivity contribution is 0.969. The zero-order valence-electron chi connectivity index (χ0n) is 10.4. The first-order chi connectivity index (χ1) is 8.78. The van der Waals surface area contributed by atoms with Gasteiger partial charge in [0.25, 0.3) is 0 Å². The van der Waals surface area contributed by atoms with Crippen molar-refractivity contribution in [1.29, 1.82) is 0 Å². The summed E-state index contributed by atoms with van der Waals surface area (Å²) >= 11 is 5.93. The van der Waals surface area contributed by atoms with Crippen molar-refractivity contribution < 1.29 is 0 Å². The van der Waals surface area contributed by atoms with Gasteiger partial charge in [-0.3, -0.25) is 0 Å². The Bertz CT molecular complexity index is 497. The minimum absolute atomic E-state index is 0.675. The van der Waals surface area contributed by atoms with Crippen LogP contribution in [0.4, 0.5) is 5.95 Å². The quantitative estimate of drug-likeness (QED) is 0.897. The number of aryl methyl sites for hydroxylation is 1. The van der Waals surface area contributed by atoms with E-state index in [0.717, 1.165) is 30.0 Å². The van der Waals surface area contributed by atoms with E-state index in [-0.39, 0.29) is 0 Å². The molecule has 0 fully saturated rings. The molecule has 0 atom stereocenters. The van der Waals surface area contributed by atoms with E-state index < -0.39 is 0 Å². The monoisotopic (exact) mass is 261 g/mol. The maximum absolute atomic E-state index is 5.93. The molecule has 0 saturated carbocycles. The molecule has 0 bridgehead atoms. The van der Waals surface area contributed by atoms with E-state index in [1.807, 2.05) is 30.6 Å². The second-order valence-corrected chi connectivity index (χ2v) is 4.51. The third-order valence-corrected chi connectivity index (χ3v) is 2.93. The lowest BCUT2D eigenvalue weighted by Crippen LogP contribution is -2.08. The van der Waals surface area contributed by atoms with Gasteiger partial charge in [0.05, 0.1) is 0 Å². The molecule has 1 heterocycles. The van der Waals surface area contributed by atoms with Gasteiger partial charge in [0, 0.05) is 24.0 Å². The predicted molar refractivity (Wildman–Crippen MR) is 75.1 cm³/mol. The molecule has 1 aromatic carbocycles. The molecule has 0 spiro atoms. The van der Waals surface area contributed by atoms with Crippen LogP contribution in [0.3, 0.4) is 0 Å². The van der Waals surface area contributed by atoms with Crippen molar-refractivity contribution in [2.24, 2.45) is 0 Å². The van der Waals surface area contributed by atoms with Crippen molar-refractivity contribution in [2.45, 2.75) is 19.8 Å². The molecule has 0 amide bonds. The highest BCUT2D eigenvalue weighted by atomic mass is 35.5. The molecule has 94 valence electrons. The Morgan fingerprint density at radius 2 is 1.94 bits per heavy atom. The molecule has 1 N–H and O–H groups in total. The third-order valence-electron chi connectivity index (χ3n) is 2.70. The van der Waals surface area contributed by atoms with Crippen LogP contribution in [0.15, 0.2) is 36.7 Å². The molecule has 2 rings (SSSR count). The number of hydrogen-bond acceptors (Lipinski definition) is 3. The highest BCUT2D eigenvalue weighted by Crippen LogP contribution is 2.11. The molecule has 0 aliphatic rings. The van der Waals surface area contributed by atoms with Crippen molar-refractivity contribution >= 4 is 17.5 Å². The second-order valence-electron chi connectivity index (χ2n) is 4.08. The van der Waals surface area contributed by atoms with E-state index in [9.17, 15) is 0 Å². The number of anilines is 1. The molecule has 0 aliphatic heterocycles. The van der Waals surface area contributed by atoms with Crippen molar-refractivity contribution in [3.8, 4) is 0 Å². The fourth-order valence-corrected chi connectivity index (χ4v) is 1.85. The molecule has 0 saturated heterocycles. The van der Waals surface area contributed by atoms with E-state index in [1.165, 1.54) is 5.56 Å². The normalized spacial score (nSPS) is 10.3. The Hall–Kier alpha value is -1.61. The number of hydrogen-bond donors (Lipinski definition) is 1. The smallest absolute Gasteiger partial charge is 0.222 e. The van der Waals surface area contributed by atoms with E-state index in [0.29, 0.717) is 5.95 Å². The Kier molecular flexibility index (Phi) is 4.53. The molecule has 4 heteroatoms. The lowest BCUT2D eigenvalue weighted by atomic mass is 10.1. The fraction of sp³-hybridized carbons (Fsp3) is 0.286. The van der Waals surface area contributed by atoms with E-state index >= 15 is 0 Å². The van der Waals surface area contributed by atoms with Crippen molar-refractivity contribution in [2.75, 3.05) is 11.9 Å². The van der Waals surface area contributed by atoms with E-state index in [1.54, 1.807) is 0 Å². The summed E-state index contributed by atoms with van der Waals surface area (Å²) in [6, 6.07) is 7.88. The highest BCUT2D eigenvalue weighted by molar-refractivity contribution is 6.30. The van der Waals surface area contributed by atoms with E-state index in [4.69, 9.17) is 11.6 Å². The minimum Gasteiger partial charge on any atom is -0.354 e. The van der Waals surface area contributed by atoms with Gasteiger partial charge in [0.2, 0.25) is 5.95 Å². The summed E-state index contributed by atoms with van der Waals surface area (Å²) < 4.78 is 0. The van der Waals surface area contributed by atoms with E-state index in [2.05, 4.69) is 28.3 Å². The van der Waals surface area contributed by atoms with Gasteiger partial charge in [-0.1, -0.05) is 30.7 Å². The molecule has 0 aliphatic carbocycles. The maximum atomic E-state index is 5.93. The summed E-state index contributed by atoms with van der Waals surface area (Å²) in [7, 11) is 0. The maximum Gasteiger partial charge on any atom is 0.222 e. The molecular weight excluding hydrogens is 246 g/mol. The molecule has 0 unspecified atom stereocenters. The molecular formula is C14H16ClN3. The van der Waals surface area contributed by atoms with Crippen molar-refractivity contribution in [1.82, 2.24) is 9.97 Å². The molecule has 0 radical (unpaired) electrons. The van der Waals surface area contributed by atoms with Crippen LogP contribution in [0.2, 0.25) is 5.02 Å². The Balaban J connectivity index is 1.84. The average molecular weight is 262 g/mol. The SMILES string of the molecule is CCc1cnc(NCCc2cccc(Cl)c2)nc1. The summed E-state index contributed by atoms with van der Waals surface area (Å²) in [6.07, 6.45) is 5.58. The standard InChI is InChI=1S/C14H16ClN3/c1-2-11-9-17-14(18-10-11)16-7-6-12-4-3-5-13(15)8-12/h3-5,8-10H,2,6-7H2,1H3,(H,16,17,18). The van der Waals surface area contributed by atoms with Gasteiger partial charge in [-0.2, -0.15) is 0 Å². The van der Waals surface area contributed by atoms with Crippen LogP contribution in [-0.4, -0.2) is 16.5 Å². The fourth-order valence-electron chi connectivity index (χ4n) is 1.64. The van der Waals surface area contributed by atoms with Gasteiger partial charge < -0.3 is 5.32 Å². The first-order valence-corrected chi connectivity index (χ1v) is 6.45. The summed E-state index contributed by atoms with van der Waals surface area (Å²) in [5, 5.41) is 3.97. The average Bonchev–Trinajstić information content (AvgIpc) is 2.40. The van der Waals surface area contributed by atoms with Crippen LogP contribution < -0.4 is 5.32 Å². The number of rotatable bonds is 5. The van der Waals surface area contributed by atoms with Crippen LogP contribution >= 0.6 is 11.6 Å². The van der Waals surface area contributed by atoms with Crippen LogP contribution in [0.5, 0.6) is 0 Å².